The van der Waals surface area contributed by atoms with Gasteiger partial charge in [0.25, 0.3) is 50.1 Å². The maximum Gasteiger partial charge on any atom is 0.283 e. The van der Waals surface area contributed by atoms with Crippen LogP contribution in [0.5, 0.6) is 0 Å². The van der Waals surface area contributed by atoms with E-state index in [4.69, 9.17) is 0 Å². The van der Waals surface area contributed by atoms with Gasteiger partial charge in [0.1, 0.15) is 5.69 Å². The van der Waals surface area contributed by atoms with E-state index in [1.807, 2.05) is 6.07 Å². The van der Waals surface area contributed by atoms with Crippen LogP contribution in [0.1, 0.15) is 220 Å². The van der Waals surface area contributed by atoms with Gasteiger partial charge < -0.3 is 0 Å². The lowest BCUT2D eigenvalue weighted by Gasteiger charge is -2.37. The molecule has 760 valence electrons. The molecule has 7 aromatic heterocycles. The van der Waals surface area contributed by atoms with Gasteiger partial charge in [-0.2, -0.15) is 36.0 Å². The first kappa shape index (κ1) is 107. The molecule has 9 aliphatic carbocycles. The van der Waals surface area contributed by atoms with Gasteiger partial charge in [0.15, 0.2) is 0 Å². The summed E-state index contributed by atoms with van der Waals surface area (Å²) >= 11 is 0. The molecule has 4 aromatic carbocycles. The van der Waals surface area contributed by atoms with E-state index in [-0.39, 0.29) is 128 Å². The number of benzene rings is 4. The summed E-state index contributed by atoms with van der Waals surface area (Å²) in [4.78, 5) is 168. The van der Waals surface area contributed by atoms with Crippen molar-refractivity contribution in [1.29, 1.82) is 0 Å². The fourth-order valence-corrected chi connectivity index (χ4v) is 26.0. The van der Waals surface area contributed by atoms with Crippen LogP contribution < -0.4 is 0 Å². The van der Waals surface area contributed by atoms with E-state index < -0.39 is 151 Å². The Bertz CT molecular complexity index is 8740. The van der Waals surface area contributed by atoms with Gasteiger partial charge in [-0.3, -0.25) is 67.1 Å². The monoisotopic (exact) mass is 2130 g/mol. The molecule has 9 aliphatic rings. The summed E-state index contributed by atoms with van der Waals surface area (Å²) in [6, 6.07) is 33.0. The summed E-state index contributed by atoms with van der Waals surface area (Å²) in [6.45, 7) is 20.9. The molecular formula is C102H92N10O28S7. The van der Waals surface area contributed by atoms with E-state index in [1.165, 1.54) is 132 Å². The molecule has 147 heavy (non-hydrogen) atoms. The Hall–Kier alpha value is -15.4. The molecule has 0 N–H and O–H groups in total. The summed E-state index contributed by atoms with van der Waals surface area (Å²) in [5.74, 6) is -8.69. The SMILES string of the molecule is CC1=CC(=O)C(=O)c2c(C)cn(S(=O)(=O)c3ccccc3)c21.CC1=CC(=O)C(=O)c2c(C)cn(S(C)(=O)=O)c21.CC1=CC(=O)C(=O)c2c(C)nn(S(C)(=O)=O)c21.CC1=Cc2c(c(C)cn2S(=O)(=O)c2ccccc2)C(=O)C1=O.CC1=Cc2c(c(C)cn2S(C)(=O)=O)C(=O)C1=O.CC1=Cc2c(c(C)nn2S(C)(=O)=O)C(=O)C1=O.CC1CCCC2C1=CCC1=C2C(=O)C(=O)c2c(-c3ccccc3)nn(S(=O)(=O)c3ccccc3)c21. The van der Waals surface area contributed by atoms with Crippen LogP contribution in [-0.4, -0.2) is 208 Å². The van der Waals surface area contributed by atoms with Crippen molar-refractivity contribution in [1.82, 2.24) is 43.4 Å². The number of carbonyl (C=O) groups excluding carboxylic acids is 14. The second-order valence-corrected chi connectivity index (χ2v) is 48.6. The number of fused-ring (bicyclic) bond motifs is 10. The molecule has 11 aromatic rings. The summed E-state index contributed by atoms with van der Waals surface area (Å²) in [7, 11) is -25.9. The average Bonchev–Trinajstić information content (AvgIpc) is 1.56. The molecular weight excluding hydrogens is 2040 g/mol. The second-order valence-electron chi connectivity index (χ2n) is 35.9. The van der Waals surface area contributed by atoms with Gasteiger partial charge in [0, 0.05) is 58.6 Å². The lowest BCUT2D eigenvalue weighted by atomic mass is 9.66. The maximum atomic E-state index is 13.8. The maximum absolute atomic E-state index is 13.8. The molecule has 0 spiro atoms. The molecule has 0 amide bonds. The minimum atomic E-state index is -4.11. The van der Waals surface area contributed by atoms with Crippen LogP contribution in [0.25, 0.3) is 51.8 Å². The molecule has 38 nitrogen and oxygen atoms in total. The predicted molar refractivity (Wildman–Crippen MR) is 540 cm³/mol. The van der Waals surface area contributed by atoms with Crippen molar-refractivity contribution >= 4 is 192 Å². The third kappa shape index (κ3) is 19.6. The van der Waals surface area contributed by atoms with Crippen molar-refractivity contribution < 1.29 is 126 Å². The van der Waals surface area contributed by atoms with Crippen molar-refractivity contribution in [2.24, 2.45) is 11.8 Å². The number of hydrogen-bond acceptors (Lipinski definition) is 31. The van der Waals surface area contributed by atoms with Crippen LogP contribution in [0.4, 0.5) is 0 Å². The van der Waals surface area contributed by atoms with E-state index in [0.717, 1.165) is 78.5 Å². The zero-order chi connectivity index (χ0) is 108. The summed E-state index contributed by atoms with van der Waals surface area (Å²) in [5.41, 5.74) is 10.2. The first-order valence-corrected chi connectivity index (χ1v) is 56.4. The van der Waals surface area contributed by atoms with Gasteiger partial charge in [0.2, 0.25) is 101 Å². The van der Waals surface area contributed by atoms with Crippen LogP contribution in [0.2, 0.25) is 0 Å². The average molecular weight is 2130 g/mol. The van der Waals surface area contributed by atoms with Gasteiger partial charge in [-0.1, -0.05) is 110 Å². The lowest BCUT2D eigenvalue weighted by Crippen LogP contribution is -2.34. The van der Waals surface area contributed by atoms with Crippen molar-refractivity contribution in [2.45, 2.75) is 130 Å². The molecule has 20 rings (SSSR count). The van der Waals surface area contributed by atoms with Crippen molar-refractivity contribution in [3.63, 3.8) is 0 Å². The Balaban J connectivity index is 0.000000138. The van der Waals surface area contributed by atoms with E-state index in [0.29, 0.717) is 73.7 Å². The minimum Gasteiger partial charge on any atom is -0.286 e. The summed E-state index contributed by atoms with van der Waals surface area (Å²) in [6.07, 6.45) is 22.7. The van der Waals surface area contributed by atoms with Gasteiger partial charge >= 0.3 is 0 Å². The largest absolute Gasteiger partial charge is 0.286 e. The highest BCUT2D eigenvalue weighted by Crippen LogP contribution is 2.51. The van der Waals surface area contributed by atoms with Crippen molar-refractivity contribution in [2.75, 3.05) is 25.0 Å². The standard InChI is InChI=1S/C28H24N2O4S.2C16H13NO4S.2C11H11NO4S.2C10H10N2O4S/c1-17-9-8-14-21-20(17)15-16-22-23(21)27(31)28(32)24-25(18-10-4-2-5-11-18)29-30(26(22)24)35(33,34)19-12-6-3-7-13-19;1-10-8-13(18)16(19)14-11(2)9-17(15(10)14)22(20,21)12-6-4-3-5-7-12;1-10-8-13-14(16(19)15(10)18)11(2)9-17(13)22(20,21)12-6-4-3-5-7-12;1-6-4-8(13)11(14)9-7(2)5-12(10(6)9)17(3,15)16;1-6-4-8-9(11(14)10(6)13)7(2)5-12(8)17(3,15)16;1-5-4-7(13)10(14)8-6(2)11-12(9(5)8)17(3,15)16;1-5-4-7-8(10(14)9(5)13)6(2)11-12(7)17(3,15)16/h2-7,10-13,15,17,21H,8-9,14,16H2,1H3;2*3-9H,1-2H3;2*4-5H,1-3H3;2*4H,1-3H3. The number of allylic oxidation sites excluding steroid dienone is 13. The third-order valence-corrected chi connectivity index (χ3v) is 33.9. The molecule has 45 heteroatoms. The number of carbonyl (C=O) groups is 14. The third-order valence-electron chi connectivity index (χ3n) is 25.2. The van der Waals surface area contributed by atoms with Crippen LogP contribution in [0, 0.1) is 53.4 Å². The fourth-order valence-electron chi connectivity index (χ4n) is 18.4. The van der Waals surface area contributed by atoms with Gasteiger partial charge in [-0.25, -0.2) is 66.4 Å². The molecule has 0 bridgehead atoms. The van der Waals surface area contributed by atoms with E-state index in [2.05, 4.69) is 28.3 Å². The Morgan fingerprint density at radius 2 is 0.646 bits per heavy atom. The number of aryl methyl sites for hydroxylation is 6. The van der Waals surface area contributed by atoms with Gasteiger partial charge in [-0.15, -0.1) is 0 Å². The molecule has 0 saturated heterocycles. The first-order valence-electron chi connectivity index (χ1n) is 44.7. The Morgan fingerprint density at radius 3 is 1.10 bits per heavy atom. The second kappa shape index (κ2) is 39.5. The van der Waals surface area contributed by atoms with Gasteiger partial charge in [0.05, 0.1) is 130 Å². The number of hydrogen-bond donors (Lipinski definition) is 0. The lowest BCUT2D eigenvalue weighted by molar-refractivity contribution is -0.112. The fraction of sp³-hybridized carbons (Fsp3) is 0.225. The molecule has 1 fully saturated rings. The van der Waals surface area contributed by atoms with Crippen LogP contribution in [0.15, 0.2) is 213 Å². The van der Waals surface area contributed by atoms with E-state index in [9.17, 15) is 126 Å². The molecule has 2 atom stereocenters. The number of aromatic nitrogens is 10. The smallest absolute Gasteiger partial charge is 0.283 e. The van der Waals surface area contributed by atoms with Crippen molar-refractivity contribution in [3.8, 4) is 11.3 Å². The van der Waals surface area contributed by atoms with Crippen LogP contribution in [0.3, 0.4) is 0 Å². The normalized spacial score (nSPS) is 16.9. The highest BCUT2D eigenvalue weighted by Gasteiger charge is 2.48. The zero-order valence-corrected chi connectivity index (χ0v) is 87.4. The Labute approximate surface area is 844 Å². The van der Waals surface area contributed by atoms with Crippen molar-refractivity contribution in [3.05, 3.63) is 311 Å². The Kier molecular flexibility index (Phi) is 28.8. The zero-order valence-electron chi connectivity index (χ0n) is 81.6. The first-order chi connectivity index (χ1) is 68.5. The molecule has 0 aliphatic heterocycles. The molecule has 1 saturated carbocycles. The molecule has 0 radical (unpaired) electrons. The number of ketones is 14. The topological polar surface area (TPSA) is 551 Å². The highest BCUT2D eigenvalue weighted by molar-refractivity contribution is 7.91. The number of nitrogens with zero attached hydrogens (tertiary/aromatic N) is 10. The Morgan fingerprint density at radius 1 is 0.293 bits per heavy atom. The minimum absolute atomic E-state index is 0.0750. The quantitative estimate of drug-likeness (QED) is 0.0857. The van der Waals surface area contributed by atoms with E-state index >= 15 is 0 Å². The van der Waals surface area contributed by atoms with Crippen LogP contribution >= 0.6 is 0 Å². The van der Waals surface area contributed by atoms with Crippen LogP contribution in [-0.2, 0) is 104 Å². The number of Topliss-reactive ketones (excluding diaryl/α,β-unsaturated/α-hetero) is 11. The summed E-state index contributed by atoms with van der Waals surface area (Å²) < 4.78 is 178. The number of rotatable bonds is 11. The van der Waals surface area contributed by atoms with E-state index in [1.54, 1.807) is 127 Å². The molecule has 2 unspecified atom stereocenters. The highest BCUT2D eigenvalue weighted by atomic mass is 32.2. The van der Waals surface area contributed by atoms with Gasteiger partial charge in [-0.05, 0) is 226 Å². The molecule has 7 heterocycles. The summed E-state index contributed by atoms with van der Waals surface area (Å²) in [5, 5.41) is 12.1. The predicted octanol–water partition coefficient (Wildman–Crippen LogP) is 11.4.